The standard InChI is InChI=1S/C10H14N6O3/c11-5(17)3-13-10-15-8(14-4-1-2-4)6(7(12)18)9(19)16-10/h4H,1-3H2,(H2,11,17)(H2,12,18)(H3,13,14,15,16,19). The number of rotatable bonds is 6. The average Bonchev–Trinajstić information content (AvgIpc) is 3.09. The summed E-state index contributed by atoms with van der Waals surface area (Å²) in [5.74, 6) is -1.84. The first-order valence-corrected chi connectivity index (χ1v) is 5.67. The Morgan fingerprint density at radius 3 is 2.53 bits per heavy atom. The van der Waals surface area contributed by atoms with E-state index in [2.05, 4.69) is 20.6 Å². The van der Waals surface area contributed by atoms with E-state index >= 15 is 0 Å². The summed E-state index contributed by atoms with van der Waals surface area (Å²) in [6.07, 6.45) is 1.90. The quantitative estimate of drug-likeness (QED) is 0.430. The third-order valence-corrected chi connectivity index (χ3v) is 2.48. The van der Waals surface area contributed by atoms with Crippen LogP contribution in [0.5, 0.6) is 5.88 Å². The van der Waals surface area contributed by atoms with E-state index in [0.29, 0.717) is 0 Å². The molecule has 9 heteroatoms. The van der Waals surface area contributed by atoms with E-state index in [-0.39, 0.29) is 29.9 Å². The fourth-order valence-corrected chi connectivity index (χ4v) is 1.45. The van der Waals surface area contributed by atoms with Gasteiger partial charge in [-0.05, 0) is 12.8 Å². The molecule has 7 N–H and O–H groups in total. The molecule has 2 amide bonds. The van der Waals surface area contributed by atoms with Gasteiger partial charge in [0, 0.05) is 6.04 Å². The predicted octanol–water partition coefficient (Wildman–Crippen LogP) is -1.25. The highest BCUT2D eigenvalue weighted by atomic mass is 16.3. The fourth-order valence-electron chi connectivity index (χ4n) is 1.45. The summed E-state index contributed by atoms with van der Waals surface area (Å²) >= 11 is 0. The van der Waals surface area contributed by atoms with Gasteiger partial charge in [-0.1, -0.05) is 0 Å². The third kappa shape index (κ3) is 3.21. The van der Waals surface area contributed by atoms with E-state index in [1.54, 1.807) is 0 Å². The Kier molecular flexibility index (Phi) is 3.36. The maximum Gasteiger partial charge on any atom is 0.257 e. The third-order valence-electron chi connectivity index (χ3n) is 2.48. The highest BCUT2D eigenvalue weighted by Gasteiger charge is 2.26. The molecule has 1 fully saturated rings. The van der Waals surface area contributed by atoms with Gasteiger partial charge in [-0.3, -0.25) is 9.59 Å². The molecule has 1 aromatic heterocycles. The first-order valence-electron chi connectivity index (χ1n) is 5.67. The van der Waals surface area contributed by atoms with Crippen molar-refractivity contribution in [2.24, 2.45) is 11.5 Å². The lowest BCUT2D eigenvalue weighted by Gasteiger charge is -2.11. The molecular formula is C10H14N6O3. The van der Waals surface area contributed by atoms with Crippen molar-refractivity contribution in [1.29, 1.82) is 0 Å². The van der Waals surface area contributed by atoms with Gasteiger partial charge in [-0.2, -0.15) is 9.97 Å². The van der Waals surface area contributed by atoms with E-state index < -0.39 is 17.7 Å². The molecule has 102 valence electrons. The first-order chi connectivity index (χ1) is 8.97. The van der Waals surface area contributed by atoms with E-state index in [1.165, 1.54) is 0 Å². The molecule has 0 aromatic carbocycles. The maximum absolute atomic E-state index is 11.3. The van der Waals surface area contributed by atoms with Gasteiger partial charge in [0.25, 0.3) is 5.91 Å². The van der Waals surface area contributed by atoms with Crippen molar-refractivity contribution in [3.05, 3.63) is 5.56 Å². The number of nitrogens with two attached hydrogens (primary N) is 2. The van der Waals surface area contributed by atoms with Crippen LogP contribution in [0.15, 0.2) is 0 Å². The molecule has 1 aliphatic rings. The minimum Gasteiger partial charge on any atom is -0.493 e. The number of amides is 2. The molecule has 1 aliphatic carbocycles. The molecule has 0 atom stereocenters. The Morgan fingerprint density at radius 2 is 2.00 bits per heavy atom. The lowest BCUT2D eigenvalue weighted by Crippen LogP contribution is -2.24. The van der Waals surface area contributed by atoms with Gasteiger partial charge in [0.2, 0.25) is 17.7 Å². The normalized spacial score (nSPS) is 13.9. The minimum absolute atomic E-state index is 0.00977. The van der Waals surface area contributed by atoms with Gasteiger partial charge in [0.1, 0.15) is 11.4 Å². The summed E-state index contributed by atoms with van der Waals surface area (Å²) in [5, 5.41) is 15.2. The molecule has 0 spiro atoms. The van der Waals surface area contributed by atoms with Crippen molar-refractivity contribution >= 4 is 23.6 Å². The number of hydrogen-bond acceptors (Lipinski definition) is 7. The van der Waals surface area contributed by atoms with Gasteiger partial charge in [-0.15, -0.1) is 0 Å². The lowest BCUT2D eigenvalue weighted by atomic mass is 10.2. The molecule has 0 saturated heterocycles. The van der Waals surface area contributed by atoms with Crippen LogP contribution in [0.1, 0.15) is 23.2 Å². The number of primary amides is 2. The largest absolute Gasteiger partial charge is 0.493 e. The van der Waals surface area contributed by atoms with Crippen LogP contribution in [0.2, 0.25) is 0 Å². The number of carbonyl (C=O) groups is 2. The number of anilines is 2. The minimum atomic E-state index is -0.831. The van der Waals surface area contributed by atoms with Crippen molar-refractivity contribution in [3.8, 4) is 5.88 Å². The molecule has 1 saturated carbocycles. The zero-order valence-corrected chi connectivity index (χ0v) is 10.0. The summed E-state index contributed by atoms with van der Waals surface area (Å²) in [6, 6.07) is 0.205. The Labute approximate surface area is 108 Å². The highest BCUT2D eigenvalue weighted by molar-refractivity contribution is 6.00. The Bertz CT molecular complexity index is 528. The number of nitrogens with one attached hydrogen (secondary N) is 2. The number of aromatic hydroxyl groups is 1. The van der Waals surface area contributed by atoms with Crippen molar-refractivity contribution in [2.75, 3.05) is 17.2 Å². The molecule has 0 aliphatic heterocycles. The zero-order chi connectivity index (χ0) is 14.0. The molecule has 1 aromatic rings. The van der Waals surface area contributed by atoms with Crippen LogP contribution in [0, 0.1) is 0 Å². The second-order valence-electron chi connectivity index (χ2n) is 4.20. The van der Waals surface area contributed by atoms with Gasteiger partial charge in [0.05, 0.1) is 6.54 Å². The monoisotopic (exact) mass is 266 g/mol. The van der Waals surface area contributed by atoms with Crippen LogP contribution in [-0.4, -0.2) is 39.5 Å². The SMILES string of the molecule is NC(=O)CNc1nc(O)c(C(N)=O)c(NC2CC2)n1. The molecule has 1 heterocycles. The molecular weight excluding hydrogens is 252 g/mol. The molecule has 0 bridgehead atoms. The summed E-state index contributed by atoms with van der Waals surface area (Å²) in [4.78, 5) is 29.6. The lowest BCUT2D eigenvalue weighted by molar-refractivity contribution is -0.116. The van der Waals surface area contributed by atoms with Crippen molar-refractivity contribution in [3.63, 3.8) is 0 Å². The first kappa shape index (κ1) is 12.9. The average molecular weight is 266 g/mol. The topological polar surface area (TPSA) is 156 Å². The van der Waals surface area contributed by atoms with E-state index in [1.807, 2.05) is 0 Å². The molecule has 0 radical (unpaired) electrons. The number of nitrogens with zero attached hydrogens (tertiary/aromatic N) is 2. The van der Waals surface area contributed by atoms with Crippen LogP contribution >= 0.6 is 0 Å². The Hall–Kier alpha value is -2.58. The van der Waals surface area contributed by atoms with E-state index in [9.17, 15) is 14.7 Å². The summed E-state index contributed by atoms with van der Waals surface area (Å²) < 4.78 is 0. The summed E-state index contributed by atoms with van der Waals surface area (Å²) in [7, 11) is 0. The van der Waals surface area contributed by atoms with E-state index in [0.717, 1.165) is 12.8 Å². The number of carbonyl (C=O) groups excluding carboxylic acids is 2. The maximum atomic E-state index is 11.3. The van der Waals surface area contributed by atoms with Crippen LogP contribution < -0.4 is 22.1 Å². The Balaban J connectivity index is 2.28. The smallest absolute Gasteiger partial charge is 0.257 e. The second-order valence-corrected chi connectivity index (χ2v) is 4.20. The molecule has 0 unspecified atom stereocenters. The predicted molar refractivity (Wildman–Crippen MR) is 66.5 cm³/mol. The zero-order valence-electron chi connectivity index (χ0n) is 10.0. The molecule has 19 heavy (non-hydrogen) atoms. The van der Waals surface area contributed by atoms with Crippen molar-refractivity contribution in [2.45, 2.75) is 18.9 Å². The van der Waals surface area contributed by atoms with Crippen LogP contribution in [0.4, 0.5) is 11.8 Å². The fraction of sp³-hybridized carbons (Fsp3) is 0.400. The number of aromatic nitrogens is 2. The van der Waals surface area contributed by atoms with Crippen LogP contribution in [0.3, 0.4) is 0 Å². The van der Waals surface area contributed by atoms with Gasteiger partial charge >= 0.3 is 0 Å². The van der Waals surface area contributed by atoms with Crippen molar-refractivity contribution in [1.82, 2.24) is 9.97 Å². The van der Waals surface area contributed by atoms with Crippen molar-refractivity contribution < 1.29 is 14.7 Å². The Morgan fingerprint density at radius 1 is 1.32 bits per heavy atom. The van der Waals surface area contributed by atoms with Gasteiger partial charge < -0.3 is 27.2 Å². The molecule has 9 nitrogen and oxygen atoms in total. The summed E-state index contributed by atoms with van der Waals surface area (Å²) in [6.45, 7) is -0.182. The van der Waals surface area contributed by atoms with Crippen LogP contribution in [-0.2, 0) is 4.79 Å². The second kappa shape index (κ2) is 4.96. The van der Waals surface area contributed by atoms with E-state index in [4.69, 9.17) is 11.5 Å². The highest BCUT2D eigenvalue weighted by Crippen LogP contribution is 2.29. The summed E-state index contributed by atoms with van der Waals surface area (Å²) in [5.41, 5.74) is 9.98. The van der Waals surface area contributed by atoms with Gasteiger partial charge in [0.15, 0.2) is 0 Å². The van der Waals surface area contributed by atoms with Gasteiger partial charge in [-0.25, -0.2) is 0 Å². The number of hydrogen-bond donors (Lipinski definition) is 5. The van der Waals surface area contributed by atoms with Crippen LogP contribution in [0.25, 0.3) is 0 Å². The molecule has 2 rings (SSSR count).